The normalized spacial score (nSPS) is 24.9. The summed E-state index contributed by atoms with van der Waals surface area (Å²) in [5.41, 5.74) is 6.38. The summed E-state index contributed by atoms with van der Waals surface area (Å²) in [6.45, 7) is 0. The van der Waals surface area contributed by atoms with Crippen molar-refractivity contribution >= 4 is 0 Å². The van der Waals surface area contributed by atoms with E-state index in [2.05, 4.69) is 48.5 Å². The summed E-state index contributed by atoms with van der Waals surface area (Å²) in [4.78, 5) is 0. The van der Waals surface area contributed by atoms with Gasteiger partial charge in [-0.15, -0.1) is 0 Å². The molecule has 0 heterocycles. The van der Waals surface area contributed by atoms with Gasteiger partial charge >= 0.3 is 0 Å². The Labute approximate surface area is 102 Å². The van der Waals surface area contributed by atoms with Gasteiger partial charge in [-0.1, -0.05) is 48.5 Å². The summed E-state index contributed by atoms with van der Waals surface area (Å²) in [5, 5.41) is 0. The Bertz CT molecular complexity index is 568. The fourth-order valence-corrected chi connectivity index (χ4v) is 3.66. The third kappa shape index (κ3) is 1.30. The molecule has 2 aromatic carbocycles. The Morgan fingerprint density at radius 1 is 0.706 bits per heavy atom. The van der Waals surface area contributed by atoms with Crippen LogP contribution >= 0.6 is 0 Å². The maximum absolute atomic E-state index is 2.34. The summed E-state index contributed by atoms with van der Waals surface area (Å²) in [7, 11) is 0. The summed E-state index contributed by atoms with van der Waals surface area (Å²) in [5.74, 6) is 1.57. The van der Waals surface area contributed by atoms with Crippen molar-refractivity contribution in [3.05, 3.63) is 70.8 Å². The monoisotopic (exact) mass is 220 g/mol. The van der Waals surface area contributed by atoms with Gasteiger partial charge in [0.15, 0.2) is 0 Å². The van der Waals surface area contributed by atoms with Gasteiger partial charge in [0.25, 0.3) is 0 Å². The smallest absolute Gasteiger partial charge is 0.00496 e. The Morgan fingerprint density at radius 2 is 1.35 bits per heavy atom. The van der Waals surface area contributed by atoms with E-state index in [1.807, 2.05) is 0 Å². The van der Waals surface area contributed by atoms with E-state index in [-0.39, 0.29) is 0 Å². The second kappa shape index (κ2) is 3.46. The molecule has 0 saturated heterocycles. The third-order valence-electron chi connectivity index (χ3n) is 4.56. The molecule has 2 atom stereocenters. The van der Waals surface area contributed by atoms with Gasteiger partial charge in [-0.2, -0.15) is 0 Å². The van der Waals surface area contributed by atoms with E-state index >= 15 is 0 Å². The first kappa shape index (κ1) is 9.47. The van der Waals surface area contributed by atoms with Crippen molar-refractivity contribution in [1.82, 2.24) is 0 Å². The molecule has 84 valence electrons. The zero-order valence-electron chi connectivity index (χ0n) is 9.89. The molecule has 2 aliphatic carbocycles. The van der Waals surface area contributed by atoms with Crippen LogP contribution in [0.1, 0.15) is 40.5 Å². The lowest BCUT2D eigenvalue weighted by atomic mass is 9.69. The van der Waals surface area contributed by atoms with Crippen LogP contribution in [0.25, 0.3) is 0 Å². The summed E-state index contributed by atoms with van der Waals surface area (Å²) >= 11 is 0. The molecular weight excluding hydrogens is 204 g/mol. The minimum Gasteiger partial charge on any atom is -0.0620 e. The first-order valence-corrected chi connectivity index (χ1v) is 6.59. The summed E-state index contributed by atoms with van der Waals surface area (Å²) < 4.78 is 0. The number of hydrogen-bond acceptors (Lipinski definition) is 0. The van der Waals surface area contributed by atoms with E-state index in [1.54, 1.807) is 22.3 Å². The average molecular weight is 220 g/mol. The minimum atomic E-state index is 0.779. The molecular formula is C17H16. The highest BCUT2D eigenvalue weighted by Crippen LogP contribution is 2.49. The van der Waals surface area contributed by atoms with E-state index in [0.29, 0.717) is 0 Å². The molecule has 2 aromatic rings. The van der Waals surface area contributed by atoms with Crippen LogP contribution < -0.4 is 0 Å². The van der Waals surface area contributed by atoms with Crippen LogP contribution in [0, 0.1) is 0 Å². The molecule has 0 fully saturated rings. The average Bonchev–Trinajstić information content (AvgIpc) is 2.75. The second-order valence-electron chi connectivity index (χ2n) is 5.35. The highest BCUT2D eigenvalue weighted by atomic mass is 14.4. The van der Waals surface area contributed by atoms with Gasteiger partial charge in [0, 0.05) is 0 Å². The van der Waals surface area contributed by atoms with Crippen LogP contribution in [-0.4, -0.2) is 0 Å². The Balaban J connectivity index is 1.72. The molecule has 0 saturated carbocycles. The van der Waals surface area contributed by atoms with Gasteiger partial charge in [-0.3, -0.25) is 0 Å². The summed E-state index contributed by atoms with van der Waals surface area (Å²) in [6.07, 6.45) is 3.91. The lowest BCUT2D eigenvalue weighted by Crippen LogP contribution is -2.22. The standard InChI is InChI=1S/C17H16/c1-3-7-14-12(5-1)9-10-16(14)17-11-13-6-2-4-8-15(13)17/h1-8,16-17H,9-11H2. The number of hydrogen-bond donors (Lipinski definition) is 0. The first-order chi connectivity index (χ1) is 8.43. The lowest BCUT2D eigenvalue weighted by Gasteiger charge is -2.35. The topological polar surface area (TPSA) is 0 Å². The van der Waals surface area contributed by atoms with Gasteiger partial charge in [0.1, 0.15) is 0 Å². The maximum Gasteiger partial charge on any atom is -0.00496 e. The van der Waals surface area contributed by atoms with Crippen molar-refractivity contribution in [2.45, 2.75) is 31.1 Å². The van der Waals surface area contributed by atoms with Crippen molar-refractivity contribution in [3.63, 3.8) is 0 Å². The predicted octanol–water partition coefficient (Wildman–Crippen LogP) is 4.06. The fourth-order valence-electron chi connectivity index (χ4n) is 3.66. The zero-order chi connectivity index (χ0) is 11.2. The fraction of sp³-hybridized carbons (Fsp3) is 0.294. The second-order valence-corrected chi connectivity index (χ2v) is 5.35. The Hall–Kier alpha value is -1.56. The molecule has 0 nitrogen and oxygen atoms in total. The Morgan fingerprint density at radius 3 is 2.18 bits per heavy atom. The highest BCUT2D eigenvalue weighted by Gasteiger charge is 2.36. The number of benzene rings is 2. The molecule has 4 rings (SSSR count). The van der Waals surface area contributed by atoms with Crippen molar-refractivity contribution in [1.29, 1.82) is 0 Å². The molecule has 0 N–H and O–H groups in total. The Kier molecular flexibility index (Phi) is 1.93. The van der Waals surface area contributed by atoms with Gasteiger partial charge in [0.2, 0.25) is 0 Å². The minimum absolute atomic E-state index is 0.779. The SMILES string of the molecule is c1ccc2c(c1)CCC2C1Cc2ccccc21. The molecule has 0 heteroatoms. The lowest BCUT2D eigenvalue weighted by molar-refractivity contribution is 0.485. The number of aryl methyl sites for hydroxylation is 1. The van der Waals surface area contributed by atoms with Crippen molar-refractivity contribution < 1.29 is 0 Å². The van der Waals surface area contributed by atoms with Crippen LogP contribution in [0.4, 0.5) is 0 Å². The molecule has 2 unspecified atom stereocenters. The molecule has 0 aromatic heterocycles. The maximum atomic E-state index is 2.34. The predicted molar refractivity (Wildman–Crippen MR) is 70.4 cm³/mol. The van der Waals surface area contributed by atoms with E-state index in [9.17, 15) is 0 Å². The van der Waals surface area contributed by atoms with Crippen LogP contribution in [0.5, 0.6) is 0 Å². The van der Waals surface area contributed by atoms with Gasteiger partial charge in [-0.25, -0.2) is 0 Å². The number of rotatable bonds is 1. The molecule has 2 aliphatic rings. The van der Waals surface area contributed by atoms with E-state index < -0.39 is 0 Å². The van der Waals surface area contributed by atoms with Gasteiger partial charge in [-0.05, 0) is 53.4 Å². The zero-order valence-corrected chi connectivity index (χ0v) is 9.89. The van der Waals surface area contributed by atoms with Crippen LogP contribution in [0.2, 0.25) is 0 Å². The largest absolute Gasteiger partial charge is 0.0620 e. The van der Waals surface area contributed by atoms with Crippen LogP contribution in [0.15, 0.2) is 48.5 Å². The quantitative estimate of drug-likeness (QED) is 0.680. The molecule has 17 heavy (non-hydrogen) atoms. The molecule has 0 spiro atoms. The molecule has 0 aliphatic heterocycles. The summed E-state index contributed by atoms with van der Waals surface area (Å²) in [6, 6.07) is 18.0. The van der Waals surface area contributed by atoms with Gasteiger partial charge in [0.05, 0.1) is 0 Å². The van der Waals surface area contributed by atoms with E-state index in [1.165, 1.54) is 19.3 Å². The number of fused-ring (bicyclic) bond motifs is 2. The van der Waals surface area contributed by atoms with Crippen LogP contribution in [0.3, 0.4) is 0 Å². The van der Waals surface area contributed by atoms with E-state index in [4.69, 9.17) is 0 Å². The molecule has 0 bridgehead atoms. The molecule has 0 amide bonds. The van der Waals surface area contributed by atoms with Crippen LogP contribution in [-0.2, 0) is 12.8 Å². The van der Waals surface area contributed by atoms with Crippen molar-refractivity contribution in [2.24, 2.45) is 0 Å². The van der Waals surface area contributed by atoms with Gasteiger partial charge < -0.3 is 0 Å². The van der Waals surface area contributed by atoms with E-state index in [0.717, 1.165) is 11.8 Å². The highest BCUT2D eigenvalue weighted by molar-refractivity contribution is 5.46. The third-order valence-corrected chi connectivity index (χ3v) is 4.56. The molecule has 0 radical (unpaired) electrons. The first-order valence-electron chi connectivity index (χ1n) is 6.59. The van der Waals surface area contributed by atoms with Crippen molar-refractivity contribution in [3.8, 4) is 0 Å². The van der Waals surface area contributed by atoms with Crippen molar-refractivity contribution in [2.75, 3.05) is 0 Å².